The van der Waals surface area contributed by atoms with E-state index in [0.717, 1.165) is 18.7 Å². The van der Waals surface area contributed by atoms with Crippen molar-refractivity contribution in [2.24, 2.45) is 0 Å². The van der Waals surface area contributed by atoms with Gasteiger partial charge in [-0.15, -0.1) is 24.8 Å². The minimum absolute atomic E-state index is 0. The zero-order valence-electron chi connectivity index (χ0n) is 11.5. The lowest BCUT2D eigenvalue weighted by molar-refractivity contribution is -0.116. The van der Waals surface area contributed by atoms with Crippen LogP contribution in [0.3, 0.4) is 0 Å². The molecule has 1 rings (SSSR count). The van der Waals surface area contributed by atoms with Crippen molar-refractivity contribution in [1.82, 2.24) is 10.3 Å². The molecule has 19 heavy (non-hydrogen) atoms. The van der Waals surface area contributed by atoms with E-state index in [2.05, 4.69) is 15.6 Å². The number of anilines is 2. The Morgan fingerprint density at radius 3 is 2.47 bits per heavy atom. The van der Waals surface area contributed by atoms with Gasteiger partial charge < -0.3 is 15.5 Å². The van der Waals surface area contributed by atoms with Gasteiger partial charge in [-0.25, -0.2) is 4.98 Å². The lowest BCUT2D eigenvalue weighted by atomic mass is 10.3. The highest BCUT2D eigenvalue weighted by atomic mass is 35.5. The Balaban J connectivity index is 0. The molecule has 1 aromatic heterocycles. The third kappa shape index (κ3) is 7.87. The van der Waals surface area contributed by atoms with E-state index in [1.807, 2.05) is 38.2 Å². The molecule has 0 bridgehead atoms. The van der Waals surface area contributed by atoms with Crippen molar-refractivity contribution in [3.63, 3.8) is 0 Å². The molecule has 2 N–H and O–H groups in total. The van der Waals surface area contributed by atoms with Crippen LogP contribution in [0.1, 0.15) is 12.8 Å². The van der Waals surface area contributed by atoms with Crippen molar-refractivity contribution >= 4 is 42.2 Å². The van der Waals surface area contributed by atoms with Gasteiger partial charge in [-0.05, 0) is 32.1 Å². The van der Waals surface area contributed by atoms with Crippen LogP contribution in [0, 0.1) is 0 Å². The summed E-state index contributed by atoms with van der Waals surface area (Å²) in [6.07, 6.45) is 3.08. The molecule has 0 spiro atoms. The molecule has 1 heterocycles. The summed E-state index contributed by atoms with van der Waals surface area (Å²) in [6, 6.07) is 3.74. The number of aromatic nitrogens is 1. The molecular weight excluding hydrogens is 287 g/mol. The lowest BCUT2D eigenvalue weighted by Gasteiger charge is -2.12. The normalized spacial score (nSPS) is 9.00. The molecule has 1 aromatic rings. The number of nitrogens with zero attached hydrogens (tertiary/aromatic N) is 2. The van der Waals surface area contributed by atoms with Crippen molar-refractivity contribution in [2.45, 2.75) is 12.8 Å². The number of pyridine rings is 1. The third-order valence-corrected chi connectivity index (χ3v) is 2.36. The minimum Gasteiger partial charge on any atom is -0.376 e. The first-order chi connectivity index (χ1) is 8.13. The van der Waals surface area contributed by atoms with E-state index < -0.39 is 0 Å². The second kappa shape index (κ2) is 10.8. The van der Waals surface area contributed by atoms with Gasteiger partial charge in [0.2, 0.25) is 5.91 Å². The second-order valence-electron chi connectivity index (χ2n) is 4.05. The highest BCUT2D eigenvalue weighted by Crippen LogP contribution is 2.12. The van der Waals surface area contributed by atoms with Crippen molar-refractivity contribution < 1.29 is 4.79 Å². The van der Waals surface area contributed by atoms with Crippen LogP contribution in [0.15, 0.2) is 18.3 Å². The fourth-order valence-electron chi connectivity index (χ4n) is 1.36. The lowest BCUT2D eigenvalue weighted by Crippen LogP contribution is -2.16. The first-order valence-electron chi connectivity index (χ1n) is 5.71. The highest BCUT2D eigenvalue weighted by molar-refractivity contribution is 5.89. The molecule has 0 saturated heterocycles. The maximum Gasteiger partial charge on any atom is 0.225 e. The quantitative estimate of drug-likeness (QED) is 0.789. The minimum atomic E-state index is 0. The SMILES string of the molecule is CNCCCC(=O)Nc1ccc(N(C)C)cn1.Cl.Cl. The van der Waals surface area contributed by atoms with Gasteiger partial charge in [0.1, 0.15) is 5.82 Å². The van der Waals surface area contributed by atoms with Gasteiger partial charge in [0, 0.05) is 20.5 Å². The molecule has 110 valence electrons. The van der Waals surface area contributed by atoms with Crippen molar-refractivity contribution in [3.8, 4) is 0 Å². The van der Waals surface area contributed by atoms with Gasteiger partial charge in [0.25, 0.3) is 0 Å². The molecule has 0 atom stereocenters. The molecule has 1 amide bonds. The third-order valence-electron chi connectivity index (χ3n) is 2.36. The summed E-state index contributed by atoms with van der Waals surface area (Å²) in [6.45, 7) is 0.848. The fraction of sp³-hybridized carbons (Fsp3) is 0.500. The van der Waals surface area contributed by atoms with E-state index >= 15 is 0 Å². The van der Waals surface area contributed by atoms with Gasteiger partial charge in [-0.2, -0.15) is 0 Å². The van der Waals surface area contributed by atoms with Gasteiger partial charge in [-0.1, -0.05) is 0 Å². The van der Waals surface area contributed by atoms with E-state index in [-0.39, 0.29) is 30.7 Å². The topological polar surface area (TPSA) is 57.3 Å². The van der Waals surface area contributed by atoms with Gasteiger partial charge in [-0.3, -0.25) is 4.79 Å². The van der Waals surface area contributed by atoms with E-state index in [1.54, 1.807) is 6.20 Å². The molecule has 0 aliphatic heterocycles. The van der Waals surface area contributed by atoms with Crippen LogP contribution in [0.5, 0.6) is 0 Å². The summed E-state index contributed by atoms with van der Waals surface area (Å²) >= 11 is 0. The Morgan fingerprint density at radius 2 is 2.00 bits per heavy atom. The largest absolute Gasteiger partial charge is 0.376 e. The number of halogens is 2. The van der Waals surface area contributed by atoms with Crippen LogP contribution < -0.4 is 15.5 Å². The monoisotopic (exact) mass is 308 g/mol. The zero-order chi connectivity index (χ0) is 12.7. The number of hydrogen-bond acceptors (Lipinski definition) is 4. The Kier molecular flexibility index (Phi) is 11.6. The van der Waals surface area contributed by atoms with Crippen molar-refractivity contribution in [1.29, 1.82) is 0 Å². The summed E-state index contributed by atoms with van der Waals surface area (Å²) in [5, 5.41) is 5.78. The maximum absolute atomic E-state index is 11.5. The van der Waals surface area contributed by atoms with Crippen LogP contribution in [0.4, 0.5) is 11.5 Å². The molecule has 0 saturated carbocycles. The number of nitrogens with one attached hydrogen (secondary N) is 2. The number of carbonyl (C=O) groups excluding carboxylic acids is 1. The first kappa shape index (κ1) is 20.3. The van der Waals surface area contributed by atoms with E-state index in [0.29, 0.717) is 12.2 Å². The predicted molar refractivity (Wildman–Crippen MR) is 84.9 cm³/mol. The molecule has 0 radical (unpaired) electrons. The maximum atomic E-state index is 11.5. The molecule has 0 aliphatic rings. The standard InChI is InChI=1S/C12H20N4O.2ClH/c1-13-8-4-5-12(17)15-11-7-6-10(9-14-11)16(2)3;;/h6-7,9,13H,4-5,8H2,1-3H3,(H,14,15,17);2*1H. The summed E-state index contributed by atoms with van der Waals surface area (Å²) in [5.41, 5.74) is 1.01. The van der Waals surface area contributed by atoms with E-state index in [4.69, 9.17) is 0 Å². The van der Waals surface area contributed by atoms with E-state index in [1.165, 1.54) is 0 Å². The summed E-state index contributed by atoms with van der Waals surface area (Å²) in [4.78, 5) is 17.7. The molecule has 0 fully saturated rings. The Bertz CT molecular complexity index is 357. The van der Waals surface area contributed by atoms with Crippen molar-refractivity contribution in [3.05, 3.63) is 18.3 Å². The van der Waals surface area contributed by atoms with Crippen LogP contribution in [0.2, 0.25) is 0 Å². The average Bonchev–Trinajstić information content (AvgIpc) is 2.30. The first-order valence-corrected chi connectivity index (χ1v) is 5.71. The molecule has 0 unspecified atom stereocenters. The molecule has 5 nitrogen and oxygen atoms in total. The molecular formula is C12H22Cl2N4O. The summed E-state index contributed by atoms with van der Waals surface area (Å²) in [7, 11) is 5.78. The van der Waals surface area contributed by atoms with E-state index in [9.17, 15) is 4.79 Å². The predicted octanol–water partition coefficient (Wildman–Crippen LogP) is 1.93. The van der Waals surface area contributed by atoms with Crippen LogP contribution >= 0.6 is 24.8 Å². The number of rotatable bonds is 6. The van der Waals surface area contributed by atoms with Crippen LogP contribution in [-0.2, 0) is 4.79 Å². The number of hydrogen-bond donors (Lipinski definition) is 2. The van der Waals surface area contributed by atoms with Gasteiger partial charge in [0.15, 0.2) is 0 Å². The molecule has 0 aromatic carbocycles. The zero-order valence-corrected chi connectivity index (χ0v) is 13.1. The summed E-state index contributed by atoms with van der Waals surface area (Å²) in [5.74, 6) is 0.607. The average molecular weight is 309 g/mol. The molecule has 7 heteroatoms. The Labute approximate surface area is 127 Å². The Morgan fingerprint density at radius 1 is 1.32 bits per heavy atom. The van der Waals surface area contributed by atoms with Crippen LogP contribution in [0.25, 0.3) is 0 Å². The van der Waals surface area contributed by atoms with Crippen molar-refractivity contribution in [2.75, 3.05) is 37.9 Å². The molecule has 0 aliphatic carbocycles. The highest BCUT2D eigenvalue weighted by Gasteiger charge is 2.03. The number of carbonyl (C=O) groups is 1. The van der Waals surface area contributed by atoms with Gasteiger partial charge >= 0.3 is 0 Å². The summed E-state index contributed by atoms with van der Waals surface area (Å²) < 4.78 is 0. The smallest absolute Gasteiger partial charge is 0.225 e. The van der Waals surface area contributed by atoms with Gasteiger partial charge in [0.05, 0.1) is 11.9 Å². The second-order valence-corrected chi connectivity index (χ2v) is 4.05. The fourth-order valence-corrected chi connectivity index (χ4v) is 1.36. The van der Waals surface area contributed by atoms with Crippen LogP contribution in [-0.4, -0.2) is 38.6 Å². The Hall–Kier alpha value is -1.04. The number of amides is 1.